The predicted octanol–water partition coefficient (Wildman–Crippen LogP) is 2.06. The SMILES string of the molecule is CCNC(=NCCc1nc(C(C)C)no1)N(C)CCOCC1CC1. The van der Waals surface area contributed by atoms with Gasteiger partial charge in [-0.1, -0.05) is 19.0 Å². The lowest BCUT2D eigenvalue weighted by atomic mass is 10.2. The molecule has 7 heteroatoms. The molecule has 1 aromatic heterocycles. The Labute approximate surface area is 144 Å². The van der Waals surface area contributed by atoms with E-state index in [1.807, 2.05) is 7.05 Å². The van der Waals surface area contributed by atoms with Crippen LogP contribution in [0.2, 0.25) is 0 Å². The highest BCUT2D eigenvalue weighted by Gasteiger charge is 2.21. The summed E-state index contributed by atoms with van der Waals surface area (Å²) in [5.41, 5.74) is 0. The van der Waals surface area contributed by atoms with Crippen molar-refractivity contribution in [3.8, 4) is 0 Å². The standard InChI is InChI=1S/C17H31N5O2/c1-5-18-17(22(4)10-11-23-12-14-6-7-14)19-9-8-15-20-16(13(2)3)21-24-15/h13-14H,5-12H2,1-4H3,(H,18,19). The van der Waals surface area contributed by atoms with E-state index in [4.69, 9.17) is 9.26 Å². The number of guanidine groups is 1. The Balaban J connectivity index is 1.74. The number of nitrogens with zero attached hydrogens (tertiary/aromatic N) is 4. The Morgan fingerprint density at radius 1 is 1.46 bits per heavy atom. The van der Waals surface area contributed by atoms with Crippen molar-refractivity contribution in [2.24, 2.45) is 10.9 Å². The summed E-state index contributed by atoms with van der Waals surface area (Å²) in [6.45, 7) is 10.1. The van der Waals surface area contributed by atoms with Gasteiger partial charge < -0.3 is 19.5 Å². The maximum absolute atomic E-state index is 5.70. The Kier molecular flexibility index (Phi) is 7.49. The number of nitrogens with one attached hydrogen (secondary N) is 1. The molecule has 0 aliphatic heterocycles. The van der Waals surface area contributed by atoms with E-state index in [-0.39, 0.29) is 5.92 Å². The molecule has 0 unspecified atom stereocenters. The quantitative estimate of drug-likeness (QED) is 0.400. The van der Waals surface area contributed by atoms with Gasteiger partial charge in [0.15, 0.2) is 11.8 Å². The second-order valence-corrected chi connectivity index (χ2v) is 6.63. The van der Waals surface area contributed by atoms with E-state index in [9.17, 15) is 0 Å². The molecule has 136 valence electrons. The third-order valence-corrected chi connectivity index (χ3v) is 3.91. The van der Waals surface area contributed by atoms with Crippen molar-refractivity contribution in [1.82, 2.24) is 20.4 Å². The van der Waals surface area contributed by atoms with Crippen LogP contribution in [-0.4, -0.2) is 60.9 Å². The fraction of sp³-hybridized carbons (Fsp3) is 0.824. The van der Waals surface area contributed by atoms with Gasteiger partial charge in [-0.25, -0.2) is 0 Å². The van der Waals surface area contributed by atoms with Gasteiger partial charge in [-0.3, -0.25) is 4.99 Å². The molecule has 24 heavy (non-hydrogen) atoms. The Morgan fingerprint density at radius 2 is 2.25 bits per heavy atom. The zero-order valence-electron chi connectivity index (χ0n) is 15.4. The summed E-state index contributed by atoms with van der Waals surface area (Å²) in [5.74, 6) is 3.38. The first-order valence-corrected chi connectivity index (χ1v) is 8.99. The monoisotopic (exact) mass is 337 g/mol. The van der Waals surface area contributed by atoms with Crippen LogP contribution in [0.5, 0.6) is 0 Å². The minimum Gasteiger partial charge on any atom is -0.379 e. The maximum atomic E-state index is 5.70. The fourth-order valence-electron chi connectivity index (χ4n) is 2.17. The first-order chi connectivity index (χ1) is 11.6. The minimum atomic E-state index is 0.282. The van der Waals surface area contributed by atoms with Crippen LogP contribution in [0.3, 0.4) is 0 Å². The molecule has 0 aromatic carbocycles. The summed E-state index contributed by atoms with van der Waals surface area (Å²) in [7, 11) is 2.03. The maximum Gasteiger partial charge on any atom is 0.228 e. The van der Waals surface area contributed by atoms with Gasteiger partial charge in [-0.15, -0.1) is 0 Å². The van der Waals surface area contributed by atoms with Gasteiger partial charge in [0.25, 0.3) is 0 Å². The van der Waals surface area contributed by atoms with E-state index < -0.39 is 0 Å². The molecule has 1 saturated carbocycles. The van der Waals surface area contributed by atoms with Crippen molar-refractivity contribution in [1.29, 1.82) is 0 Å². The Hall–Kier alpha value is -1.63. The van der Waals surface area contributed by atoms with E-state index in [0.717, 1.165) is 44.0 Å². The van der Waals surface area contributed by atoms with E-state index in [1.165, 1.54) is 12.8 Å². The topological polar surface area (TPSA) is 75.8 Å². The number of rotatable bonds is 10. The number of likely N-dealkylation sites (N-methyl/N-ethyl adjacent to an activating group) is 1. The van der Waals surface area contributed by atoms with E-state index in [2.05, 4.69) is 46.1 Å². The third-order valence-electron chi connectivity index (χ3n) is 3.91. The van der Waals surface area contributed by atoms with Crippen molar-refractivity contribution in [3.05, 3.63) is 11.7 Å². The second kappa shape index (κ2) is 9.61. The molecule has 0 amide bonds. The van der Waals surface area contributed by atoms with Crippen LogP contribution in [0.1, 0.15) is 51.2 Å². The summed E-state index contributed by atoms with van der Waals surface area (Å²) in [6, 6.07) is 0. The molecule has 1 heterocycles. The first kappa shape index (κ1) is 18.7. The van der Waals surface area contributed by atoms with Crippen LogP contribution in [-0.2, 0) is 11.2 Å². The molecule has 2 rings (SSSR count). The summed E-state index contributed by atoms with van der Waals surface area (Å²) < 4.78 is 10.9. The molecular formula is C17H31N5O2. The highest BCUT2D eigenvalue weighted by Crippen LogP contribution is 2.28. The van der Waals surface area contributed by atoms with Gasteiger partial charge in [0.2, 0.25) is 5.89 Å². The van der Waals surface area contributed by atoms with Gasteiger partial charge in [0.1, 0.15) is 0 Å². The summed E-state index contributed by atoms with van der Waals surface area (Å²) in [6.07, 6.45) is 3.31. The summed E-state index contributed by atoms with van der Waals surface area (Å²) in [5, 5.41) is 7.28. The average molecular weight is 337 g/mol. The van der Waals surface area contributed by atoms with Crippen molar-refractivity contribution >= 4 is 5.96 Å². The molecule has 0 bridgehead atoms. The van der Waals surface area contributed by atoms with Gasteiger partial charge in [0.05, 0.1) is 13.2 Å². The summed E-state index contributed by atoms with van der Waals surface area (Å²) >= 11 is 0. The summed E-state index contributed by atoms with van der Waals surface area (Å²) in [4.78, 5) is 11.1. The molecule has 0 radical (unpaired) electrons. The van der Waals surface area contributed by atoms with E-state index in [1.54, 1.807) is 0 Å². The van der Waals surface area contributed by atoms with Crippen molar-refractivity contribution in [2.75, 3.05) is 39.9 Å². The van der Waals surface area contributed by atoms with Gasteiger partial charge in [-0.2, -0.15) is 4.98 Å². The minimum absolute atomic E-state index is 0.282. The second-order valence-electron chi connectivity index (χ2n) is 6.63. The molecule has 1 aromatic rings. The largest absolute Gasteiger partial charge is 0.379 e. The van der Waals surface area contributed by atoms with Gasteiger partial charge in [0, 0.05) is 39.1 Å². The molecule has 1 fully saturated rings. The lowest BCUT2D eigenvalue weighted by Gasteiger charge is -2.21. The fourth-order valence-corrected chi connectivity index (χ4v) is 2.17. The highest BCUT2D eigenvalue weighted by molar-refractivity contribution is 5.79. The number of ether oxygens (including phenoxy) is 1. The van der Waals surface area contributed by atoms with Crippen molar-refractivity contribution in [2.45, 2.75) is 46.0 Å². The third kappa shape index (κ3) is 6.47. The van der Waals surface area contributed by atoms with Crippen LogP contribution in [0.15, 0.2) is 9.52 Å². The molecule has 0 saturated heterocycles. The van der Waals surface area contributed by atoms with E-state index in [0.29, 0.717) is 18.9 Å². The molecule has 0 spiro atoms. The number of hydrogen-bond donors (Lipinski definition) is 1. The Morgan fingerprint density at radius 3 is 2.88 bits per heavy atom. The molecule has 1 aliphatic carbocycles. The smallest absolute Gasteiger partial charge is 0.228 e. The van der Waals surface area contributed by atoms with Crippen LogP contribution in [0.4, 0.5) is 0 Å². The van der Waals surface area contributed by atoms with Crippen LogP contribution in [0, 0.1) is 5.92 Å². The molecule has 0 atom stereocenters. The zero-order chi connectivity index (χ0) is 17.4. The van der Waals surface area contributed by atoms with Gasteiger partial charge >= 0.3 is 0 Å². The predicted molar refractivity (Wildman–Crippen MR) is 94.2 cm³/mol. The number of aliphatic imine (C=N–C) groups is 1. The van der Waals surface area contributed by atoms with Crippen LogP contribution in [0.25, 0.3) is 0 Å². The lowest BCUT2D eigenvalue weighted by molar-refractivity contribution is 0.115. The normalized spacial score (nSPS) is 15.1. The average Bonchev–Trinajstić information content (AvgIpc) is 3.26. The Bertz CT molecular complexity index is 511. The molecular weight excluding hydrogens is 306 g/mol. The number of aromatic nitrogens is 2. The first-order valence-electron chi connectivity index (χ1n) is 8.99. The lowest BCUT2D eigenvalue weighted by Crippen LogP contribution is -2.40. The number of hydrogen-bond acceptors (Lipinski definition) is 5. The molecule has 1 N–H and O–H groups in total. The highest BCUT2D eigenvalue weighted by atomic mass is 16.5. The van der Waals surface area contributed by atoms with Crippen LogP contribution >= 0.6 is 0 Å². The van der Waals surface area contributed by atoms with Crippen molar-refractivity contribution in [3.63, 3.8) is 0 Å². The zero-order valence-corrected chi connectivity index (χ0v) is 15.4. The van der Waals surface area contributed by atoms with Crippen molar-refractivity contribution < 1.29 is 9.26 Å². The van der Waals surface area contributed by atoms with E-state index >= 15 is 0 Å². The molecule has 1 aliphatic rings. The van der Waals surface area contributed by atoms with Gasteiger partial charge in [-0.05, 0) is 25.7 Å². The van der Waals surface area contributed by atoms with Crippen LogP contribution < -0.4 is 5.32 Å². The molecule has 7 nitrogen and oxygen atoms in total.